The molecule has 0 spiro atoms. The Kier molecular flexibility index (Phi) is 9.57. The third-order valence-corrected chi connectivity index (χ3v) is 10.4. The van der Waals surface area contributed by atoms with E-state index >= 15 is 0 Å². The molecule has 1 aliphatic rings. The van der Waals surface area contributed by atoms with Crippen molar-refractivity contribution in [3.63, 3.8) is 0 Å². The highest BCUT2D eigenvalue weighted by molar-refractivity contribution is 7.91. The van der Waals surface area contributed by atoms with Crippen molar-refractivity contribution in [1.29, 1.82) is 0 Å². The second-order valence-electron chi connectivity index (χ2n) is 9.72. The van der Waals surface area contributed by atoms with Crippen LogP contribution in [0.4, 0.5) is 13.2 Å². The van der Waals surface area contributed by atoms with Gasteiger partial charge in [0.2, 0.25) is 15.9 Å². The van der Waals surface area contributed by atoms with Crippen molar-refractivity contribution in [1.82, 2.24) is 30.1 Å². The highest BCUT2D eigenvalue weighted by atomic mass is 32.2. The van der Waals surface area contributed by atoms with Crippen LogP contribution in [0.25, 0.3) is 0 Å². The summed E-state index contributed by atoms with van der Waals surface area (Å²) in [5.41, 5.74) is 0.102. The molecule has 3 aromatic rings. The molecule has 12 nitrogen and oxygen atoms in total. The quantitative estimate of drug-likeness (QED) is 0.328. The Labute approximate surface area is 240 Å². The van der Waals surface area contributed by atoms with E-state index in [-0.39, 0.29) is 46.8 Å². The lowest BCUT2D eigenvalue weighted by Gasteiger charge is -2.34. The van der Waals surface area contributed by atoms with E-state index < -0.39 is 38.1 Å². The number of aryl methyl sites for hydroxylation is 2. The number of aromatic nitrogens is 5. The number of nitrogens with two attached hydrogens (primary N) is 1. The zero-order chi connectivity index (χ0) is 29.9. The molecule has 0 bridgehead atoms. The molecular formula is C23H27F3N7O5S3-. The summed E-state index contributed by atoms with van der Waals surface area (Å²) in [5, 5.41) is 15.9. The van der Waals surface area contributed by atoms with E-state index in [0.29, 0.717) is 42.9 Å². The minimum absolute atomic E-state index is 0.0280. The number of carbonyl (C=O) groups is 1. The molecule has 0 aliphatic carbocycles. The number of primary sulfonamides is 1. The summed E-state index contributed by atoms with van der Waals surface area (Å²) in [6.07, 6.45) is -1.89. The standard InChI is InChI=1S/C23H28F3N7O5S3/c1-14-29-31-33(30-14)13-17-11-18(23(24,25)26)4-2-16(17)3-5-20(34)32-8-6-15(7-9-32)10-19(40(35)36)22-28-12-21(39-22)41(27,37)38/h2,4,11-12,15,19H,3,5-10,13H2,1H3,(H,35,36)(H2,27,37,38)/p-1. The third kappa shape index (κ3) is 8.15. The number of halogens is 3. The first kappa shape index (κ1) is 31.1. The van der Waals surface area contributed by atoms with Gasteiger partial charge in [0.15, 0.2) is 10.0 Å². The van der Waals surface area contributed by atoms with Crippen LogP contribution in [0.15, 0.2) is 28.6 Å². The second kappa shape index (κ2) is 12.6. The number of nitrogens with zero attached hydrogens (tertiary/aromatic N) is 6. The van der Waals surface area contributed by atoms with Crippen LogP contribution in [0, 0.1) is 12.8 Å². The number of thiazole rings is 1. The molecule has 2 unspecified atom stereocenters. The van der Waals surface area contributed by atoms with Gasteiger partial charge in [-0.2, -0.15) is 18.0 Å². The maximum Gasteiger partial charge on any atom is 0.416 e. The molecule has 2 aromatic heterocycles. The zero-order valence-electron chi connectivity index (χ0n) is 21.8. The molecule has 1 amide bonds. The number of likely N-dealkylation sites (tertiary alicyclic amines) is 1. The second-order valence-corrected chi connectivity index (χ2v) is 13.7. The van der Waals surface area contributed by atoms with E-state index in [1.807, 2.05) is 0 Å². The molecule has 41 heavy (non-hydrogen) atoms. The molecule has 0 radical (unpaired) electrons. The van der Waals surface area contributed by atoms with Crippen molar-refractivity contribution in [2.75, 3.05) is 13.1 Å². The van der Waals surface area contributed by atoms with Crippen molar-refractivity contribution in [2.24, 2.45) is 11.1 Å². The third-order valence-electron chi connectivity index (χ3n) is 6.81. The smallest absolute Gasteiger partial charge is 0.416 e. The Morgan fingerprint density at radius 3 is 2.54 bits per heavy atom. The number of alkyl halides is 3. The van der Waals surface area contributed by atoms with Crippen LogP contribution in [0.5, 0.6) is 0 Å². The van der Waals surface area contributed by atoms with Crippen LogP contribution in [0.1, 0.15) is 58.5 Å². The van der Waals surface area contributed by atoms with Crippen molar-refractivity contribution < 1.29 is 35.1 Å². The highest BCUT2D eigenvalue weighted by Crippen LogP contribution is 2.35. The summed E-state index contributed by atoms with van der Waals surface area (Å²) in [6, 6.07) is 3.39. The monoisotopic (exact) mass is 634 g/mol. The molecule has 18 heteroatoms. The Morgan fingerprint density at radius 2 is 1.98 bits per heavy atom. The average molecular weight is 635 g/mol. The maximum atomic E-state index is 13.3. The van der Waals surface area contributed by atoms with Gasteiger partial charge in [0.25, 0.3) is 0 Å². The SMILES string of the molecule is Cc1nnn(Cc2cc(C(F)(F)F)ccc2CCC(=O)N2CCC(CC(c3ncc(S(N)(=O)=O)s3)S(=O)[O-])CC2)n1. The number of benzene rings is 1. The van der Waals surface area contributed by atoms with Gasteiger partial charge in [-0.25, -0.2) is 18.5 Å². The zero-order valence-corrected chi connectivity index (χ0v) is 24.2. The van der Waals surface area contributed by atoms with Crippen molar-refractivity contribution in [3.05, 3.63) is 51.9 Å². The predicted molar refractivity (Wildman–Crippen MR) is 140 cm³/mol. The van der Waals surface area contributed by atoms with Gasteiger partial charge in [0.05, 0.1) is 23.6 Å². The lowest BCUT2D eigenvalue weighted by molar-refractivity contribution is -0.137. The van der Waals surface area contributed by atoms with Gasteiger partial charge in [-0.1, -0.05) is 6.07 Å². The number of tetrazole rings is 1. The Morgan fingerprint density at radius 1 is 1.27 bits per heavy atom. The van der Waals surface area contributed by atoms with Gasteiger partial charge in [-0.3, -0.25) is 9.00 Å². The summed E-state index contributed by atoms with van der Waals surface area (Å²) in [6.45, 7) is 2.37. The molecule has 1 aliphatic heterocycles. The first-order valence-electron chi connectivity index (χ1n) is 12.5. The van der Waals surface area contributed by atoms with Crippen LogP contribution < -0.4 is 5.14 Å². The van der Waals surface area contributed by atoms with Crippen molar-refractivity contribution in [2.45, 2.75) is 61.2 Å². The Hall–Kier alpha value is -2.80. The predicted octanol–water partition coefficient (Wildman–Crippen LogP) is 2.33. The fraction of sp³-hybridized carbons (Fsp3) is 0.522. The fourth-order valence-electron chi connectivity index (χ4n) is 4.67. The van der Waals surface area contributed by atoms with Gasteiger partial charge in [0.1, 0.15) is 5.01 Å². The van der Waals surface area contributed by atoms with Gasteiger partial charge >= 0.3 is 6.18 Å². The maximum absolute atomic E-state index is 13.3. The first-order chi connectivity index (χ1) is 19.2. The van der Waals surface area contributed by atoms with Crippen LogP contribution in [0.2, 0.25) is 0 Å². The van der Waals surface area contributed by atoms with Crippen LogP contribution >= 0.6 is 11.3 Å². The molecule has 224 valence electrons. The van der Waals surface area contributed by atoms with Crippen LogP contribution in [0.3, 0.4) is 0 Å². The minimum Gasteiger partial charge on any atom is -0.772 e. The summed E-state index contributed by atoms with van der Waals surface area (Å²) in [5.74, 6) is 0.180. The van der Waals surface area contributed by atoms with Gasteiger partial charge in [0, 0.05) is 19.5 Å². The average Bonchev–Trinajstić information content (AvgIpc) is 3.55. The van der Waals surface area contributed by atoms with E-state index in [1.54, 1.807) is 11.8 Å². The number of hydrogen-bond donors (Lipinski definition) is 1. The van der Waals surface area contributed by atoms with Gasteiger partial charge < -0.3 is 9.45 Å². The molecule has 0 saturated carbocycles. The Bertz CT molecular complexity index is 1520. The number of amides is 1. The number of rotatable bonds is 10. The van der Waals surface area contributed by atoms with Crippen LogP contribution in [-0.4, -0.2) is 66.3 Å². The summed E-state index contributed by atoms with van der Waals surface area (Å²) >= 11 is -1.82. The largest absolute Gasteiger partial charge is 0.772 e. The molecule has 1 aromatic carbocycles. The lowest BCUT2D eigenvalue weighted by Crippen LogP contribution is -2.39. The molecule has 2 N–H and O–H groups in total. The number of hydrogen-bond acceptors (Lipinski definition) is 10. The van der Waals surface area contributed by atoms with Gasteiger partial charge in [-0.05, 0) is 78.1 Å². The summed E-state index contributed by atoms with van der Waals surface area (Å²) < 4.78 is 86.6. The molecule has 3 heterocycles. The topological polar surface area (TPSA) is 177 Å². The molecule has 1 fully saturated rings. The minimum atomic E-state index is -4.53. The van der Waals surface area contributed by atoms with E-state index in [4.69, 9.17) is 5.14 Å². The lowest BCUT2D eigenvalue weighted by atomic mass is 9.91. The first-order valence-corrected chi connectivity index (χ1v) is 16.0. The number of carbonyl (C=O) groups excluding carboxylic acids is 1. The molecule has 4 rings (SSSR count). The fourth-order valence-corrected chi connectivity index (χ4v) is 7.27. The van der Waals surface area contributed by atoms with E-state index in [0.717, 1.165) is 29.7 Å². The summed E-state index contributed by atoms with van der Waals surface area (Å²) in [4.78, 5) is 19.8. The number of sulfonamides is 1. The van der Waals surface area contributed by atoms with E-state index in [1.165, 1.54) is 10.9 Å². The molecule has 2 atom stereocenters. The highest BCUT2D eigenvalue weighted by Gasteiger charge is 2.32. The van der Waals surface area contributed by atoms with E-state index in [2.05, 4.69) is 20.4 Å². The summed E-state index contributed by atoms with van der Waals surface area (Å²) in [7, 11) is -3.99. The normalized spacial score (nSPS) is 16.6. The van der Waals surface area contributed by atoms with Crippen LogP contribution in [-0.2, 0) is 45.0 Å². The Balaban J connectivity index is 1.35. The van der Waals surface area contributed by atoms with Crippen molar-refractivity contribution in [3.8, 4) is 0 Å². The molecular weight excluding hydrogens is 607 g/mol. The van der Waals surface area contributed by atoms with E-state index in [9.17, 15) is 35.1 Å². The number of piperidine rings is 1. The molecule has 1 saturated heterocycles. The van der Waals surface area contributed by atoms with Crippen molar-refractivity contribution >= 4 is 38.3 Å². The van der Waals surface area contributed by atoms with Gasteiger partial charge in [-0.15, -0.1) is 21.5 Å².